The van der Waals surface area contributed by atoms with Crippen molar-refractivity contribution in [3.63, 3.8) is 0 Å². The predicted molar refractivity (Wildman–Crippen MR) is 161 cm³/mol. The zero-order chi connectivity index (χ0) is 30.9. The number of rotatable bonds is 13. The third kappa shape index (κ3) is 4.99. The number of carbonyl (C=O) groups is 3. The number of nitrogens with one attached hydrogen (secondary N) is 2. The lowest BCUT2D eigenvalue weighted by molar-refractivity contribution is -0.146. The van der Waals surface area contributed by atoms with E-state index in [1.807, 2.05) is 38.1 Å². The van der Waals surface area contributed by atoms with Crippen molar-refractivity contribution >= 4 is 34.4 Å². The number of nitrogens with zero attached hydrogens (tertiary/aromatic N) is 4. The van der Waals surface area contributed by atoms with Gasteiger partial charge < -0.3 is 30.1 Å². The topological polar surface area (TPSA) is 148 Å². The first kappa shape index (κ1) is 30.0. The van der Waals surface area contributed by atoms with E-state index in [0.29, 0.717) is 68.6 Å². The van der Waals surface area contributed by atoms with Gasteiger partial charge in [-0.1, -0.05) is 24.3 Å². The molecule has 44 heavy (non-hydrogen) atoms. The van der Waals surface area contributed by atoms with Crippen molar-refractivity contribution in [1.82, 2.24) is 25.2 Å². The summed E-state index contributed by atoms with van der Waals surface area (Å²) in [6.07, 6.45) is 3.55. The van der Waals surface area contributed by atoms with Crippen LogP contribution in [0.5, 0.6) is 5.75 Å². The number of ether oxygens (including phenoxy) is 2. The van der Waals surface area contributed by atoms with Gasteiger partial charge in [-0.3, -0.25) is 14.4 Å². The van der Waals surface area contributed by atoms with Gasteiger partial charge in [-0.15, -0.1) is 5.10 Å². The average molecular weight is 605 g/mol. The van der Waals surface area contributed by atoms with E-state index < -0.39 is 29.1 Å². The molecule has 3 saturated heterocycles. The second kappa shape index (κ2) is 12.2. The quantitative estimate of drug-likeness (QED) is 0.252. The first-order chi connectivity index (χ1) is 21.4. The zero-order valence-electron chi connectivity index (χ0n) is 25.2. The van der Waals surface area contributed by atoms with Crippen molar-refractivity contribution in [2.75, 3.05) is 25.1 Å². The Hall–Kier alpha value is -4.03. The number of unbranched alkanes of at least 4 members (excludes halogenated alkanes) is 2. The van der Waals surface area contributed by atoms with Crippen LogP contribution in [0.4, 0.5) is 5.69 Å². The number of hydrogen-bond acceptors (Lipinski definition) is 8. The van der Waals surface area contributed by atoms with Crippen LogP contribution in [0.25, 0.3) is 11.0 Å². The molecule has 1 aromatic heterocycles. The number of likely N-dealkylation sites (tertiary alicyclic amines) is 1. The molecular weight excluding hydrogens is 564 g/mol. The van der Waals surface area contributed by atoms with Gasteiger partial charge in [-0.05, 0) is 81.8 Å². The van der Waals surface area contributed by atoms with Gasteiger partial charge in [0, 0.05) is 18.8 Å². The molecule has 0 radical (unpaired) electrons. The molecule has 3 amide bonds. The maximum atomic E-state index is 14.3. The number of carbonyl (C=O) groups excluding carboxylic acids is 3. The van der Waals surface area contributed by atoms with Crippen LogP contribution in [-0.4, -0.2) is 79.7 Å². The smallest absolute Gasteiger partial charge is 0.247 e. The van der Waals surface area contributed by atoms with E-state index in [1.165, 1.54) is 0 Å². The molecule has 2 aromatic carbocycles. The Morgan fingerprint density at radius 2 is 1.86 bits per heavy atom. The molecule has 0 saturated carbocycles. The van der Waals surface area contributed by atoms with Gasteiger partial charge in [-0.2, -0.15) is 0 Å². The SMILES string of the molecule is CCOc1ccc(NC(=O)[C@@H]2[C@H]3C(=O)N(CCCCCO)C(C(=O)NCn4nnc5ccccc54)C34CC[C@@]2(CC)O4)cc1. The molecule has 234 valence electrons. The van der Waals surface area contributed by atoms with Gasteiger partial charge in [0.1, 0.15) is 29.6 Å². The highest BCUT2D eigenvalue weighted by Crippen LogP contribution is 2.64. The number of aliphatic hydroxyl groups is 1. The van der Waals surface area contributed by atoms with E-state index in [9.17, 15) is 19.5 Å². The molecule has 3 aliphatic heterocycles. The maximum Gasteiger partial charge on any atom is 0.247 e. The van der Waals surface area contributed by atoms with Crippen molar-refractivity contribution < 1.29 is 29.0 Å². The van der Waals surface area contributed by atoms with E-state index in [1.54, 1.807) is 33.8 Å². The van der Waals surface area contributed by atoms with E-state index in [-0.39, 0.29) is 31.0 Å². The molecule has 2 unspecified atom stereocenters. The molecule has 5 atom stereocenters. The number of hydrogen-bond donors (Lipinski definition) is 3. The van der Waals surface area contributed by atoms with E-state index in [4.69, 9.17) is 9.47 Å². The number of aromatic nitrogens is 3. The summed E-state index contributed by atoms with van der Waals surface area (Å²) >= 11 is 0. The lowest BCUT2D eigenvalue weighted by atomic mass is 9.65. The summed E-state index contributed by atoms with van der Waals surface area (Å²) in [5.74, 6) is -1.71. The van der Waals surface area contributed by atoms with Crippen LogP contribution in [0.2, 0.25) is 0 Å². The summed E-state index contributed by atoms with van der Waals surface area (Å²) in [5.41, 5.74) is 0.119. The number of para-hydroxylation sites is 1. The van der Waals surface area contributed by atoms with Gasteiger partial charge >= 0.3 is 0 Å². The summed E-state index contributed by atoms with van der Waals surface area (Å²) < 4.78 is 14.0. The minimum Gasteiger partial charge on any atom is -0.494 e. The van der Waals surface area contributed by atoms with Crippen LogP contribution < -0.4 is 15.4 Å². The Bertz CT molecular complexity index is 1530. The largest absolute Gasteiger partial charge is 0.494 e. The van der Waals surface area contributed by atoms with Gasteiger partial charge in [0.2, 0.25) is 17.7 Å². The van der Waals surface area contributed by atoms with E-state index >= 15 is 0 Å². The van der Waals surface area contributed by atoms with Crippen molar-refractivity contribution in [2.45, 2.75) is 76.3 Å². The van der Waals surface area contributed by atoms with Crippen LogP contribution in [0.3, 0.4) is 0 Å². The molecule has 3 fully saturated rings. The Morgan fingerprint density at radius 3 is 2.61 bits per heavy atom. The summed E-state index contributed by atoms with van der Waals surface area (Å²) in [6, 6.07) is 13.7. The molecule has 12 heteroatoms. The Labute approximate surface area is 256 Å². The number of amides is 3. The van der Waals surface area contributed by atoms with Crippen LogP contribution >= 0.6 is 0 Å². The average Bonchev–Trinajstić information content (AvgIpc) is 3.76. The minimum atomic E-state index is -1.13. The van der Waals surface area contributed by atoms with Gasteiger partial charge in [0.25, 0.3) is 0 Å². The van der Waals surface area contributed by atoms with E-state index in [0.717, 1.165) is 5.52 Å². The fourth-order valence-corrected chi connectivity index (χ4v) is 7.53. The molecule has 3 aliphatic rings. The summed E-state index contributed by atoms with van der Waals surface area (Å²) in [5, 5.41) is 23.6. The number of fused-ring (bicyclic) bond motifs is 2. The van der Waals surface area contributed by atoms with Crippen molar-refractivity contribution in [3.05, 3.63) is 48.5 Å². The van der Waals surface area contributed by atoms with Crippen molar-refractivity contribution in [2.24, 2.45) is 11.8 Å². The maximum absolute atomic E-state index is 14.3. The normalized spacial score (nSPS) is 27.1. The molecular formula is C32H40N6O6. The lowest BCUT2D eigenvalue weighted by Crippen LogP contribution is -2.55. The highest BCUT2D eigenvalue weighted by molar-refractivity contribution is 6.02. The molecule has 6 rings (SSSR count). The Morgan fingerprint density at radius 1 is 1.07 bits per heavy atom. The van der Waals surface area contributed by atoms with Crippen LogP contribution in [-0.2, 0) is 25.8 Å². The first-order valence-corrected chi connectivity index (χ1v) is 15.6. The summed E-state index contributed by atoms with van der Waals surface area (Å²) in [7, 11) is 0. The van der Waals surface area contributed by atoms with Crippen molar-refractivity contribution in [3.8, 4) is 5.75 Å². The summed E-state index contributed by atoms with van der Waals surface area (Å²) in [6.45, 7) is 4.88. The van der Waals surface area contributed by atoms with Crippen LogP contribution in [0.15, 0.2) is 48.5 Å². The Balaban J connectivity index is 1.28. The minimum absolute atomic E-state index is 0.0617. The molecule has 3 aromatic rings. The highest BCUT2D eigenvalue weighted by Gasteiger charge is 2.78. The number of benzene rings is 2. The van der Waals surface area contributed by atoms with Gasteiger partial charge in [0.05, 0.1) is 29.6 Å². The molecule has 1 spiro atoms. The molecule has 0 aliphatic carbocycles. The number of anilines is 1. The van der Waals surface area contributed by atoms with E-state index in [2.05, 4.69) is 20.9 Å². The molecule has 4 heterocycles. The predicted octanol–water partition coefficient (Wildman–Crippen LogP) is 2.86. The standard InChI is InChI=1S/C32H40N6O6/c1-3-31-16-17-32(44-31)26(25(31)28(40)34-21-12-14-22(15-13-21)43-4-2)30(42)37(18-8-5-9-19-39)27(32)29(41)33-20-38-24-11-7-6-10-23(24)35-36-38/h6-7,10-15,25-27,39H,3-5,8-9,16-20H2,1-2H3,(H,33,41)(H,34,40)/t25-,26-,27?,31+,32?/m0/s1. The monoisotopic (exact) mass is 604 g/mol. The third-order valence-electron chi connectivity index (χ3n) is 9.52. The lowest BCUT2D eigenvalue weighted by Gasteiger charge is -2.34. The fraction of sp³-hybridized carbons (Fsp3) is 0.531. The zero-order valence-corrected chi connectivity index (χ0v) is 25.2. The fourth-order valence-electron chi connectivity index (χ4n) is 7.53. The Kier molecular flexibility index (Phi) is 8.30. The number of aliphatic hydroxyl groups excluding tert-OH is 1. The molecule has 3 N–H and O–H groups in total. The van der Waals surface area contributed by atoms with Crippen LogP contribution in [0.1, 0.15) is 52.4 Å². The second-order valence-electron chi connectivity index (χ2n) is 11.9. The molecule has 2 bridgehead atoms. The first-order valence-electron chi connectivity index (χ1n) is 15.6. The highest BCUT2D eigenvalue weighted by atomic mass is 16.5. The van der Waals surface area contributed by atoms with Gasteiger partial charge in [0.15, 0.2) is 0 Å². The van der Waals surface area contributed by atoms with Crippen LogP contribution in [0, 0.1) is 11.8 Å². The van der Waals surface area contributed by atoms with Crippen molar-refractivity contribution in [1.29, 1.82) is 0 Å². The van der Waals surface area contributed by atoms with Gasteiger partial charge in [-0.25, -0.2) is 4.68 Å². The second-order valence-corrected chi connectivity index (χ2v) is 11.9. The summed E-state index contributed by atoms with van der Waals surface area (Å²) in [4.78, 5) is 44.0. The third-order valence-corrected chi connectivity index (χ3v) is 9.52. The molecule has 12 nitrogen and oxygen atoms in total.